The van der Waals surface area contributed by atoms with Crippen LogP contribution >= 0.6 is 35.1 Å². The van der Waals surface area contributed by atoms with Crippen molar-refractivity contribution in [1.29, 1.82) is 0 Å². The molecule has 0 amide bonds. The first-order valence-electron chi connectivity index (χ1n) is 6.63. The predicted octanol–water partition coefficient (Wildman–Crippen LogP) is 5.99. The summed E-state index contributed by atoms with van der Waals surface area (Å²) in [5, 5.41) is 2.04. The summed E-state index contributed by atoms with van der Waals surface area (Å²) in [6.07, 6.45) is 0. The molecule has 2 nitrogen and oxygen atoms in total. The number of benzene rings is 2. The van der Waals surface area contributed by atoms with Crippen LogP contribution in [0.5, 0.6) is 11.5 Å². The molecule has 112 valence electrons. The number of rotatable bonds is 5. The van der Waals surface area contributed by atoms with Gasteiger partial charge in [-0.2, -0.15) is 0 Å². The summed E-state index contributed by atoms with van der Waals surface area (Å²) in [7, 11) is 0. The van der Waals surface area contributed by atoms with Gasteiger partial charge in [-0.1, -0.05) is 42.5 Å². The molecule has 0 radical (unpaired) electrons. The Hall–Kier alpha value is -1.68. The van der Waals surface area contributed by atoms with Crippen LogP contribution in [0.1, 0.15) is 21.9 Å². The maximum absolute atomic E-state index is 5.64. The van der Waals surface area contributed by atoms with Crippen molar-refractivity contribution >= 4 is 35.1 Å². The van der Waals surface area contributed by atoms with E-state index >= 15 is 0 Å². The van der Waals surface area contributed by atoms with E-state index < -0.39 is 0 Å². The van der Waals surface area contributed by atoms with Crippen LogP contribution in [0.15, 0.2) is 66.0 Å². The SMILES string of the molecule is ClOc1ccccc1C(c1cccs1)c1ccccc1OCl. The van der Waals surface area contributed by atoms with Gasteiger partial charge in [-0.15, -0.1) is 11.3 Å². The quantitative estimate of drug-likeness (QED) is 0.562. The number of hydrogen-bond acceptors (Lipinski definition) is 3. The fourth-order valence-corrected chi connectivity index (χ4v) is 3.65. The molecule has 5 heteroatoms. The Kier molecular flexibility index (Phi) is 4.88. The van der Waals surface area contributed by atoms with E-state index in [0.717, 1.165) is 16.0 Å². The first-order chi connectivity index (χ1) is 10.8. The van der Waals surface area contributed by atoms with Crippen LogP contribution in [0.3, 0.4) is 0 Å². The molecule has 0 aliphatic rings. The molecule has 2 aromatic carbocycles. The molecule has 3 aromatic rings. The standard InChI is InChI=1S/C17H12Cl2O2S/c18-20-14-8-3-1-6-12(14)17(16-10-5-11-22-16)13-7-2-4-9-15(13)21-19/h1-11,17H. The summed E-state index contributed by atoms with van der Waals surface area (Å²) in [5.41, 5.74) is 1.92. The molecule has 0 unspecified atom stereocenters. The van der Waals surface area contributed by atoms with E-state index in [4.69, 9.17) is 32.3 Å². The summed E-state index contributed by atoms with van der Waals surface area (Å²) >= 11 is 13.0. The van der Waals surface area contributed by atoms with Gasteiger partial charge in [0.2, 0.25) is 0 Å². The molecule has 0 bridgehead atoms. The van der Waals surface area contributed by atoms with Crippen LogP contribution in [-0.4, -0.2) is 0 Å². The molecule has 0 fully saturated rings. The molecule has 0 N–H and O–H groups in total. The lowest BCUT2D eigenvalue weighted by molar-refractivity contribution is 0.593. The van der Waals surface area contributed by atoms with Crippen LogP contribution in [0.4, 0.5) is 0 Å². The van der Waals surface area contributed by atoms with Crippen molar-refractivity contribution in [2.45, 2.75) is 5.92 Å². The van der Waals surface area contributed by atoms with Crippen LogP contribution in [0, 0.1) is 0 Å². The summed E-state index contributed by atoms with van der Waals surface area (Å²) in [5.74, 6) is 1.17. The number of halogens is 2. The van der Waals surface area contributed by atoms with Crippen molar-refractivity contribution in [3.8, 4) is 11.5 Å². The van der Waals surface area contributed by atoms with E-state index in [9.17, 15) is 0 Å². The highest BCUT2D eigenvalue weighted by Gasteiger charge is 2.24. The fraction of sp³-hybridized carbons (Fsp3) is 0.0588. The van der Waals surface area contributed by atoms with Gasteiger partial charge in [-0.3, -0.25) is 0 Å². The second-order valence-corrected chi connectivity index (χ2v) is 5.97. The summed E-state index contributed by atoms with van der Waals surface area (Å²) in [6, 6.07) is 19.4. The molecular formula is C17H12Cl2O2S. The molecule has 0 aliphatic heterocycles. The molecular weight excluding hydrogens is 339 g/mol. The maximum Gasteiger partial charge on any atom is 0.150 e. The molecule has 1 heterocycles. The minimum atomic E-state index is -0.0649. The smallest absolute Gasteiger partial charge is 0.150 e. The Balaban J connectivity index is 2.21. The van der Waals surface area contributed by atoms with E-state index in [1.165, 1.54) is 0 Å². The topological polar surface area (TPSA) is 18.5 Å². The minimum Gasteiger partial charge on any atom is -0.385 e. The van der Waals surface area contributed by atoms with E-state index in [0.29, 0.717) is 11.5 Å². The third-order valence-corrected chi connectivity index (χ3v) is 4.72. The van der Waals surface area contributed by atoms with Crippen molar-refractivity contribution in [1.82, 2.24) is 0 Å². The predicted molar refractivity (Wildman–Crippen MR) is 91.1 cm³/mol. The average Bonchev–Trinajstić information content (AvgIpc) is 3.10. The minimum absolute atomic E-state index is 0.0649. The first-order valence-corrected chi connectivity index (χ1v) is 8.13. The fourth-order valence-electron chi connectivity index (χ4n) is 2.51. The Morgan fingerprint density at radius 3 is 1.73 bits per heavy atom. The van der Waals surface area contributed by atoms with Gasteiger partial charge in [0.05, 0.1) is 5.92 Å². The lowest BCUT2D eigenvalue weighted by Gasteiger charge is -2.20. The highest BCUT2D eigenvalue weighted by Crippen LogP contribution is 2.42. The zero-order valence-corrected chi connectivity index (χ0v) is 13.7. The van der Waals surface area contributed by atoms with Crippen molar-refractivity contribution < 1.29 is 8.58 Å². The number of thiophene rings is 1. The van der Waals surface area contributed by atoms with Gasteiger partial charge in [0.25, 0.3) is 0 Å². The van der Waals surface area contributed by atoms with Crippen molar-refractivity contribution in [2.75, 3.05) is 0 Å². The van der Waals surface area contributed by atoms with Crippen molar-refractivity contribution in [3.63, 3.8) is 0 Å². The second-order valence-electron chi connectivity index (χ2n) is 4.68. The van der Waals surface area contributed by atoms with Crippen molar-refractivity contribution in [2.24, 2.45) is 0 Å². The number of para-hydroxylation sites is 2. The van der Waals surface area contributed by atoms with Gasteiger partial charge < -0.3 is 8.58 Å². The molecule has 22 heavy (non-hydrogen) atoms. The third kappa shape index (κ3) is 2.93. The van der Waals surface area contributed by atoms with E-state index in [2.05, 4.69) is 6.07 Å². The van der Waals surface area contributed by atoms with Gasteiger partial charge in [0.1, 0.15) is 23.7 Å². The molecule has 0 saturated carbocycles. The van der Waals surface area contributed by atoms with E-state index in [1.807, 2.05) is 60.0 Å². The van der Waals surface area contributed by atoms with Gasteiger partial charge >= 0.3 is 0 Å². The first kappa shape index (κ1) is 15.2. The van der Waals surface area contributed by atoms with Crippen LogP contribution in [0.25, 0.3) is 0 Å². The lowest BCUT2D eigenvalue weighted by Crippen LogP contribution is -2.04. The molecule has 0 aliphatic carbocycles. The Bertz CT molecular complexity index is 696. The van der Waals surface area contributed by atoms with Crippen LogP contribution in [0.2, 0.25) is 0 Å². The Morgan fingerprint density at radius 1 is 0.727 bits per heavy atom. The lowest BCUT2D eigenvalue weighted by atomic mass is 9.88. The zero-order valence-electron chi connectivity index (χ0n) is 11.4. The third-order valence-electron chi connectivity index (χ3n) is 3.45. The Labute approximate surface area is 143 Å². The normalized spacial score (nSPS) is 10.7. The van der Waals surface area contributed by atoms with Crippen LogP contribution < -0.4 is 8.58 Å². The molecule has 3 rings (SSSR count). The highest BCUT2D eigenvalue weighted by molar-refractivity contribution is 7.10. The summed E-state index contributed by atoms with van der Waals surface area (Å²) in [6.45, 7) is 0. The van der Waals surface area contributed by atoms with Crippen molar-refractivity contribution in [3.05, 3.63) is 82.0 Å². The summed E-state index contributed by atoms with van der Waals surface area (Å²) < 4.78 is 10.0. The monoisotopic (exact) mass is 350 g/mol. The van der Waals surface area contributed by atoms with Crippen LogP contribution in [-0.2, 0) is 0 Å². The van der Waals surface area contributed by atoms with Gasteiger partial charge in [0.15, 0.2) is 11.5 Å². The van der Waals surface area contributed by atoms with E-state index in [-0.39, 0.29) is 5.92 Å². The van der Waals surface area contributed by atoms with Gasteiger partial charge in [-0.25, -0.2) is 0 Å². The zero-order chi connectivity index (χ0) is 15.4. The van der Waals surface area contributed by atoms with Gasteiger partial charge in [-0.05, 0) is 23.6 Å². The summed E-state index contributed by atoms with van der Waals surface area (Å²) in [4.78, 5) is 1.15. The molecule has 0 saturated heterocycles. The average molecular weight is 351 g/mol. The highest BCUT2D eigenvalue weighted by atomic mass is 35.5. The number of hydrogen-bond donors (Lipinski definition) is 0. The second kappa shape index (κ2) is 7.05. The van der Waals surface area contributed by atoms with E-state index in [1.54, 1.807) is 11.3 Å². The Morgan fingerprint density at radius 2 is 1.27 bits per heavy atom. The van der Waals surface area contributed by atoms with Gasteiger partial charge in [0, 0.05) is 16.0 Å². The molecule has 1 aromatic heterocycles. The molecule has 0 atom stereocenters. The maximum atomic E-state index is 5.64. The molecule has 0 spiro atoms. The largest absolute Gasteiger partial charge is 0.385 e.